The Morgan fingerprint density at radius 2 is 2.22 bits per heavy atom. The molecule has 0 spiro atoms. The van der Waals surface area contributed by atoms with Crippen LogP contribution in [0.15, 0.2) is 30.5 Å². The number of H-pyrrole nitrogens is 1. The van der Waals surface area contributed by atoms with Crippen molar-refractivity contribution in [3.63, 3.8) is 0 Å². The number of carbonyl (C=O) groups is 1. The zero-order valence-electron chi connectivity index (χ0n) is 15.4. The van der Waals surface area contributed by atoms with Gasteiger partial charge in [-0.15, -0.1) is 10.2 Å². The molecule has 0 radical (unpaired) electrons. The number of aromatic nitrogens is 6. The van der Waals surface area contributed by atoms with Crippen molar-refractivity contribution in [3.05, 3.63) is 41.7 Å². The summed E-state index contributed by atoms with van der Waals surface area (Å²) < 4.78 is 0. The average molecular weight is 366 g/mol. The molecule has 0 aliphatic carbocycles. The molecule has 3 aromatic rings. The van der Waals surface area contributed by atoms with E-state index < -0.39 is 0 Å². The number of aryl methyl sites for hydroxylation is 2. The third-order valence-electron chi connectivity index (χ3n) is 4.92. The molecule has 2 aromatic heterocycles. The number of hydrogen-bond acceptors (Lipinski definition) is 5. The molecular weight excluding hydrogens is 344 g/mol. The number of rotatable bonds is 3. The zero-order chi connectivity index (χ0) is 18.8. The lowest BCUT2D eigenvalue weighted by atomic mass is 9.95. The smallest absolute Gasteiger partial charge is 0.321 e. The van der Waals surface area contributed by atoms with Gasteiger partial charge in [-0.1, -0.05) is 12.1 Å². The quantitative estimate of drug-likeness (QED) is 0.740. The Balaban J connectivity index is 1.49. The second-order valence-corrected chi connectivity index (χ2v) is 6.86. The highest BCUT2D eigenvalue weighted by molar-refractivity contribution is 5.91. The van der Waals surface area contributed by atoms with Crippen molar-refractivity contribution >= 4 is 11.7 Å². The molecule has 1 saturated heterocycles. The van der Waals surface area contributed by atoms with Crippen LogP contribution in [0.2, 0.25) is 0 Å². The molecule has 1 aliphatic heterocycles. The topological polar surface area (TPSA) is 105 Å². The molecule has 2 amide bonds. The van der Waals surface area contributed by atoms with E-state index in [9.17, 15) is 4.79 Å². The van der Waals surface area contributed by atoms with Gasteiger partial charge in [-0.3, -0.25) is 5.10 Å². The molecule has 4 rings (SSSR count). The summed E-state index contributed by atoms with van der Waals surface area (Å²) in [7, 11) is 1.72. The number of urea groups is 1. The first-order valence-corrected chi connectivity index (χ1v) is 9.00. The largest absolute Gasteiger partial charge is 0.324 e. The maximum absolute atomic E-state index is 12.8. The number of carbonyl (C=O) groups excluding carboxylic acids is 1. The first kappa shape index (κ1) is 17.2. The number of anilines is 1. The predicted molar refractivity (Wildman–Crippen MR) is 100 cm³/mol. The van der Waals surface area contributed by atoms with Crippen LogP contribution < -0.4 is 5.32 Å². The van der Waals surface area contributed by atoms with E-state index in [0.29, 0.717) is 18.3 Å². The fraction of sp³-hybridized carbons (Fsp3) is 0.389. The van der Waals surface area contributed by atoms with Crippen molar-refractivity contribution in [1.82, 2.24) is 35.3 Å². The number of amides is 2. The number of piperidine rings is 1. The Kier molecular flexibility index (Phi) is 4.57. The van der Waals surface area contributed by atoms with E-state index in [0.717, 1.165) is 41.9 Å². The first-order chi connectivity index (χ1) is 13.1. The summed E-state index contributed by atoms with van der Waals surface area (Å²) in [5, 5.41) is 22.2. The highest BCUT2D eigenvalue weighted by atomic mass is 16.2. The number of benzene rings is 1. The van der Waals surface area contributed by atoms with Crippen LogP contribution in [0.25, 0.3) is 11.4 Å². The van der Waals surface area contributed by atoms with Gasteiger partial charge in [-0.2, -0.15) is 9.90 Å². The van der Waals surface area contributed by atoms with Gasteiger partial charge in [0.2, 0.25) is 5.82 Å². The molecule has 9 heteroatoms. The minimum atomic E-state index is -0.0911. The molecule has 1 aliphatic rings. The number of nitrogens with one attached hydrogen (secondary N) is 2. The third-order valence-corrected chi connectivity index (χ3v) is 4.92. The SMILES string of the molecule is Cc1ccc(-c2nnn(C)n2)cc1NC(=O)N1CCC[C@H](c2ccn[nH]2)C1. The van der Waals surface area contributed by atoms with Crippen molar-refractivity contribution < 1.29 is 4.79 Å². The number of nitrogens with zero attached hydrogens (tertiary/aromatic N) is 6. The lowest BCUT2D eigenvalue weighted by molar-refractivity contribution is 0.192. The van der Waals surface area contributed by atoms with Crippen LogP contribution in [0.1, 0.15) is 30.0 Å². The fourth-order valence-electron chi connectivity index (χ4n) is 3.40. The molecule has 0 unspecified atom stereocenters. The monoisotopic (exact) mass is 366 g/mol. The summed E-state index contributed by atoms with van der Waals surface area (Å²) in [6.45, 7) is 3.40. The number of hydrogen-bond donors (Lipinski definition) is 2. The van der Waals surface area contributed by atoms with Crippen LogP contribution in [0.5, 0.6) is 0 Å². The van der Waals surface area contributed by atoms with Crippen molar-refractivity contribution in [3.8, 4) is 11.4 Å². The minimum Gasteiger partial charge on any atom is -0.324 e. The summed E-state index contributed by atoms with van der Waals surface area (Å²) in [4.78, 5) is 16.1. The van der Waals surface area contributed by atoms with Gasteiger partial charge in [0.25, 0.3) is 0 Å². The number of likely N-dealkylation sites (tertiary alicyclic amines) is 1. The lowest BCUT2D eigenvalue weighted by Gasteiger charge is -2.32. The molecule has 1 atom stereocenters. The molecule has 9 nitrogen and oxygen atoms in total. The molecule has 0 bridgehead atoms. The third kappa shape index (κ3) is 3.67. The van der Waals surface area contributed by atoms with E-state index in [4.69, 9.17) is 0 Å². The normalized spacial score (nSPS) is 17.1. The van der Waals surface area contributed by atoms with Gasteiger partial charge < -0.3 is 10.2 Å². The molecule has 27 heavy (non-hydrogen) atoms. The fourth-order valence-corrected chi connectivity index (χ4v) is 3.40. The summed E-state index contributed by atoms with van der Waals surface area (Å²) >= 11 is 0. The average Bonchev–Trinajstić information content (AvgIpc) is 3.35. The van der Waals surface area contributed by atoms with Gasteiger partial charge in [0.15, 0.2) is 0 Å². The van der Waals surface area contributed by atoms with Crippen LogP contribution >= 0.6 is 0 Å². The van der Waals surface area contributed by atoms with E-state index in [1.54, 1.807) is 13.2 Å². The first-order valence-electron chi connectivity index (χ1n) is 9.00. The summed E-state index contributed by atoms with van der Waals surface area (Å²) in [5.74, 6) is 0.827. The molecule has 1 fully saturated rings. The van der Waals surface area contributed by atoms with Crippen molar-refractivity contribution in [1.29, 1.82) is 0 Å². The number of tetrazole rings is 1. The molecular formula is C18H22N8O. The van der Waals surface area contributed by atoms with Gasteiger partial charge in [-0.25, -0.2) is 4.79 Å². The van der Waals surface area contributed by atoms with E-state index in [1.165, 1.54) is 4.80 Å². The Morgan fingerprint density at radius 1 is 1.33 bits per heavy atom. The van der Waals surface area contributed by atoms with Gasteiger partial charge in [0.05, 0.1) is 7.05 Å². The van der Waals surface area contributed by atoms with E-state index in [2.05, 4.69) is 30.9 Å². The van der Waals surface area contributed by atoms with Crippen LogP contribution in [0.3, 0.4) is 0 Å². The van der Waals surface area contributed by atoms with Crippen LogP contribution in [-0.2, 0) is 7.05 Å². The lowest BCUT2D eigenvalue weighted by Crippen LogP contribution is -2.41. The standard InChI is InChI=1S/C18H22N8O/c1-12-5-6-13(17-22-24-25(2)23-17)10-16(12)20-18(27)26-9-3-4-14(11-26)15-7-8-19-21-15/h5-8,10,14H,3-4,9,11H2,1-2H3,(H,19,21)(H,20,27)/t14-/m0/s1. The number of aromatic amines is 1. The zero-order valence-corrected chi connectivity index (χ0v) is 15.4. The highest BCUT2D eigenvalue weighted by Gasteiger charge is 2.26. The highest BCUT2D eigenvalue weighted by Crippen LogP contribution is 2.27. The van der Waals surface area contributed by atoms with E-state index in [-0.39, 0.29) is 6.03 Å². The van der Waals surface area contributed by atoms with Crippen molar-refractivity contribution in [2.75, 3.05) is 18.4 Å². The Labute approximate surface area is 156 Å². The second kappa shape index (κ2) is 7.18. The van der Waals surface area contributed by atoms with Gasteiger partial charge in [0, 0.05) is 42.1 Å². The Hall–Kier alpha value is -3.23. The maximum atomic E-state index is 12.8. The van der Waals surface area contributed by atoms with Crippen LogP contribution in [0.4, 0.5) is 10.5 Å². The molecule has 3 heterocycles. The molecule has 2 N–H and O–H groups in total. The summed E-state index contributed by atoms with van der Waals surface area (Å²) in [6.07, 6.45) is 3.78. The van der Waals surface area contributed by atoms with Gasteiger partial charge in [0.1, 0.15) is 0 Å². The Morgan fingerprint density at radius 3 is 2.96 bits per heavy atom. The van der Waals surface area contributed by atoms with E-state index >= 15 is 0 Å². The molecule has 140 valence electrons. The second-order valence-electron chi connectivity index (χ2n) is 6.86. The predicted octanol–water partition coefficient (Wildman–Crippen LogP) is 2.32. The van der Waals surface area contributed by atoms with E-state index in [1.807, 2.05) is 36.1 Å². The maximum Gasteiger partial charge on any atom is 0.321 e. The van der Waals surface area contributed by atoms with Crippen molar-refractivity contribution in [2.45, 2.75) is 25.7 Å². The minimum absolute atomic E-state index is 0.0911. The van der Waals surface area contributed by atoms with Gasteiger partial charge >= 0.3 is 6.03 Å². The van der Waals surface area contributed by atoms with Crippen LogP contribution in [0, 0.1) is 6.92 Å². The van der Waals surface area contributed by atoms with Crippen LogP contribution in [-0.4, -0.2) is 54.4 Å². The molecule has 0 saturated carbocycles. The Bertz CT molecular complexity index is 933. The molecule has 1 aromatic carbocycles. The van der Waals surface area contributed by atoms with Crippen molar-refractivity contribution in [2.24, 2.45) is 7.05 Å². The summed E-state index contributed by atoms with van der Waals surface area (Å²) in [5.41, 5.74) is 3.64. The van der Waals surface area contributed by atoms with Gasteiger partial charge in [-0.05, 0) is 42.7 Å². The summed E-state index contributed by atoms with van der Waals surface area (Å²) in [6, 6.07) is 7.66.